The Bertz CT molecular complexity index is 1140. The summed E-state index contributed by atoms with van der Waals surface area (Å²) >= 11 is 5.90. The molecule has 0 atom stereocenters. The summed E-state index contributed by atoms with van der Waals surface area (Å²) in [6.45, 7) is 1.47. The van der Waals surface area contributed by atoms with Crippen LogP contribution >= 0.6 is 11.6 Å². The van der Waals surface area contributed by atoms with Gasteiger partial charge in [-0.1, -0.05) is 54.1 Å². The van der Waals surface area contributed by atoms with Crippen LogP contribution in [0, 0.1) is 0 Å². The van der Waals surface area contributed by atoms with Gasteiger partial charge in [-0.25, -0.2) is 0 Å². The topological polar surface area (TPSA) is 67.9 Å². The Morgan fingerprint density at radius 1 is 0.917 bits per heavy atom. The highest BCUT2D eigenvalue weighted by Gasteiger charge is 2.43. The number of hydrogen-bond donors (Lipinski definition) is 1. The first-order valence-electron chi connectivity index (χ1n) is 12.1. The summed E-state index contributed by atoms with van der Waals surface area (Å²) in [4.78, 5) is 28.1. The minimum atomic E-state index is -0.672. The van der Waals surface area contributed by atoms with E-state index in [4.69, 9.17) is 21.1 Å². The molecule has 0 unspecified atom stereocenters. The molecule has 7 heteroatoms. The van der Waals surface area contributed by atoms with E-state index in [1.807, 2.05) is 54.6 Å². The molecule has 3 aromatic carbocycles. The van der Waals surface area contributed by atoms with Crippen LogP contribution < -0.4 is 14.8 Å². The van der Waals surface area contributed by atoms with Gasteiger partial charge in [-0.15, -0.1) is 0 Å². The number of carbonyl (C=O) groups excluding carboxylic acids is 2. The van der Waals surface area contributed by atoms with Gasteiger partial charge in [-0.05, 0) is 66.8 Å². The van der Waals surface area contributed by atoms with Crippen LogP contribution in [0.15, 0.2) is 78.9 Å². The minimum absolute atomic E-state index is 0.00623. The number of halogens is 1. The van der Waals surface area contributed by atoms with Crippen LogP contribution in [0.1, 0.15) is 24.0 Å². The second-order valence-electron chi connectivity index (χ2n) is 8.93. The molecule has 0 saturated carbocycles. The van der Waals surface area contributed by atoms with Crippen molar-refractivity contribution in [1.29, 1.82) is 0 Å². The summed E-state index contributed by atoms with van der Waals surface area (Å²) in [5.74, 6) is 1.32. The lowest BCUT2D eigenvalue weighted by Crippen LogP contribution is -2.53. The van der Waals surface area contributed by atoms with E-state index in [0.717, 1.165) is 23.3 Å². The van der Waals surface area contributed by atoms with Gasteiger partial charge >= 0.3 is 0 Å². The standard InChI is InChI=1S/C29H31ClN2O4/c1-35-25-11-7-22(8-12-25)15-18-31-28(34)29(23-5-3-2-4-6-23)16-19-32(20-17-29)27(33)21-36-26-13-9-24(30)10-14-26/h2-14H,15-21H2,1H3,(H,31,34). The van der Waals surface area contributed by atoms with Crippen LogP contribution in [-0.2, 0) is 21.4 Å². The van der Waals surface area contributed by atoms with Crippen molar-refractivity contribution < 1.29 is 19.1 Å². The SMILES string of the molecule is COc1ccc(CCNC(=O)C2(c3ccccc3)CCN(C(=O)COc3ccc(Cl)cc3)CC2)cc1. The molecule has 1 fully saturated rings. The smallest absolute Gasteiger partial charge is 0.260 e. The van der Waals surface area contributed by atoms with Gasteiger partial charge in [0.25, 0.3) is 5.91 Å². The minimum Gasteiger partial charge on any atom is -0.497 e. The number of methoxy groups -OCH3 is 1. The van der Waals surface area contributed by atoms with E-state index in [1.54, 1.807) is 36.3 Å². The highest BCUT2D eigenvalue weighted by Crippen LogP contribution is 2.36. The van der Waals surface area contributed by atoms with Gasteiger partial charge in [0.05, 0.1) is 12.5 Å². The number of ether oxygens (including phenoxy) is 2. The first-order valence-corrected chi connectivity index (χ1v) is 12.5. The van der Waals surface area contributed by atoms with E-state index >= 15 is 0 Å². The Morgan fingerprint density at radius 3 is 2.19 bits per heavy atom. The molecule has 2 amide bonds. The molecule has 0 radical (unpaired) electrons. The number of likely N-dealkylation sites (tertiary alicyclic amines) is 1. The first-order chi connectivity index (χ1) is 17.5. The molecule has 188 valence electrons. The van der Waals surface area contributed by atoms with Crippen molar-refractivity contribution in [2.75, 3.05) is 33.4 Å². The van der Waals surface area contributed by atoms with Gasteiger partial charge in [0.15, 0.2) is 6.61 Å². The third kappa shape index (κ3) is 6.18. The molecular formula is C29H31ClN2O4. The molecule has 1 heterocycles. The van der Waals surface area contributed by atoms with Crippen molar-refractivity contribution >= 4 is 23.4 Å². The normalized spacial score (nSPS) is 14.7. The summed E-state index contributed by atoms with van der Waals surface area (Å²) in [6.07, 6.45) is 1.84. The monoisotopic (exact) mass is 506 g/mol. The number of hydrogen-bond acceptors (Lipinski definition) is 4. The van der Waals surface area contributed by atoms with Gasteiger partial charge in [-0.2, -0.15) is 0 Å². The number of nitrogens with one attached hydrogen (secondary N) is 1. The largest absolute Gasteiger partial charge is 0.497 e. The Morgan fingerprint density at radius 2 is 1.56 bits per heavy atom. The van der Waals surface area contributed by atoms with Crippen LogP contribution in [-0.4, -0.2) is 50.1 Å². The zero-order valence-corrected chi connectivity index (χ0v) is 21.2. The van der Waals surface area contributed by atoms with E-state index in [0.29, 0.717) is 43.2 Å². The molecule has 4 rings (SSSR count). The van der Waals surface area contributed by atoms with Crippen molar-refractivity contribution in [2.24, 2.45) is 0 Å². The van der Waals surface area contributed by atoms with Gasteiger partial charge in [-0.3, -0.25) is 9.59 Å². The second kappa shape index (κ2) is 12.0. The molecule has 6 nitrogen and oxygen atoms in total. The second-order valence-corrected chi connectivity index (χ2v) is 9.36. The maximum absolute atomic E-state index is 13.6. The van der Waals surface area contributed by atoms with Gasteiger partial charge in [0.2, 0.25) is 5.91 Å². The average Bonchev–Trinajstić information content (AvgIpc) is 2.93. The lowest BCUT2D eigenvalue weighted by molar-refractivity contribution is -0.138. The van der Waals surface area contributed by atoms with Gasteiger partial charge < -0.3 is 19.7 Å². The summed E-state index contributed by atoms with van der Waals surface area (Å²) in [7, 11) is 1.64. The Hall–Kier alpha value is -3.51. The van der Waals surface area contributed by atoms with E-state index < -0.39 is 5.41 Å². The van der Waals surface area contributed by atoms with E-state index in [9.17, 15) is 9.59 Å². The zero-order valence-electron chi connectivity index (χ0n) is 20.4. The van der Waals surface area contributed by atoms with Crippen LogP contribution in [0.2, 0.25) is 5.02 Å². The quantitative estimate of drug-likeness (QED) is 0.459. The number of amides is 2. The number of carbonyl (C=O) groups is 2. The predicted octanol–water partition coefficient (Wildman–Crippen LogP) is 4.65. The maximum Gasteiger partial charge on any atom is 0.260 e. The van der Waals surface area contributed by atoms with Crippen LogP contribution in [0.3, 0.4) is 0 Å². The number of piperidine rings is 1. The lowest BCUT2D eigenvalue weighted by atomic mass is 9.72. The highest BCUT2D eigenvalue weighted by atomic mass is 35.5. The highest BCUT2D eigenvalue weighted by molar-refractivity contribution is 6.30. The average molecular weight is 507 g/mol. The molecular weight excluding hydrogens is 476 g/mol. The Kier molecular flexibility index (Phi) is 8.49. The molecule has 0 aromatic heterocycles. The fourth-order valence-corrected chi connectivity index (χ4v) is 4.72. The van der Waals surface area contributed by atoms with Crippen molar-refractivity contribution in [3.8, 4) is 11.5 Å². The first kappa shape index (κ1) is 25.6. The van der Waals surface area contributed by atoms with Crippen LogP contribution in [0.25, 0.3) is 0 Å². The summed E-state index contributed by atoms with van der Waals surface area (Å²) < 4.78 is 10.8. The molecule has 3 aromatic rings. The van der Waals surface area contributed by atoms with E-state index in [2.05, 4.69) is 5.32 Å². The van der Waals surface area contributed by atoms with Crippen molar-refractivity contribution in [3.05, 3.63) is 95.0 Å². The fourth-order valence-electron chi connectivity index (χ4n) is 4.59. The van der Waals surface area contributed by atoms with E-state index in [-0.39, 0.29) is 18.4 Å². The number of benzene rings is 3. The molecule has 0 aliphatic carbocycles. The fraction of sp³-hybridized carbons (Fsp3) is 0.310. The predicted molar refractivity (Wildman–Crippen MR) is 141 cm³/mol. The molecule has 36 heavy (non-hydrogen) atoms. The van der Waals surface area contributed by atoms with Crippen LogP contribution in [0.4, 0.5) is 0 Å². The van der Waals surface area contributed by atoms with Crippen LogP contribution in [0.5, 0.6) is 11.5 Å². The zero-order chi connectivity index (χ0) is 25.4. The Labute approximate surface area is 217 Å². The third-order valence-electron chi connectivity index (χ3n) is 6.76. The Balaban J connectivity index is 1.36. The van der Waals surface area contributed by atoms with Gasteiger partial charge in [0, 0.05) is 24.7 Å². The van der Waals surface area contributed by atoms with Crippen molar-refractivity contribution in [1.82, 2.24) is 10.2 Å². The van der Waals surface area contributed by atoms with Crippen molar-refractivity contribution in [2.45, 2.75) is 24.7 Å². The molecule has 1 saturated heterocycles. The number of nitrogens with zero attached hydrogens (tertiary/aromatic N) is 1. The summed E-state index contributed by atoms with van der Waals surface area (Å²) in [5, 5.41) is 3.77. The van der Waals surface area contributed by atoms with Gasteiger partial charge in [0.1, 0.15) is 11.5 Å². The lowest BCUT2D eigenvalue weighted by Gasteiger charge is -2.41. The molecule has 1 N–H and O–H groups in total. The maximum atomic E-state index is 13.6. The molecule has 0 spiro atoms. The summed E-state index contributed by atoms with van der Waals surface area (Å²) in [6, 6.07) is 24.7. The van der Waals surface area contributed by atoms with Crippen molar-refractivity contribution in [3.63, 3.8) is 0 Å². The third-order valence-corrected chi connectivity index (χ3v) is 7.02. The molecule has 1 aliphatic rings. The molecule has 0 bridgehead atoms. The summed E-state index contributed by atoms with van der Waals surface area (Å²) in [5.41, 5.74) is 1.44. The molecule has 1 aliphatic heterocycles. The number of rotatable bonds is 9. The van der Waals surface area contributed by atoms with E-state index in [1.165, 1.54) is 0 Å².